The van der Waals surface area contributed by atoms with Gasteiger partial charge in [-0.2, -0.15) is 0 Å². The molecular formula is C129H75N9O3S3. The second-order valence-corrected chi connectivity index (χ2v) is 39.1. The molecule has 0 unspecified atom stereocenters. The molecule has 30 aromatic rings. The molecule has 672 valence electrons. The molecule has 0 bridgehead atoms. The van der Waals surface area contributed by atoms with E-state index < -0.39 is 0 Å². The van der Waals surface area contributed by atoms with E-state index in [0.29, 0.717) is 17.5 Å². The van der Waals surface area contributed by atoms with Crippen LogP contribution in [-0.2, 0) is 0 Å². The van der Waals surface area contributed by atoms with Gasteiger partial charge in [0.25, 0.3) is 0 Å². The summed E-state index contributed by atoms with van der Waals surface area (Å²) >= 11 is 5.44. The summed E-state index contributed by atoms with van der Waals surface area (Å²) in [6.45, 7) is 0. The lowest BCUT2D eigenvalue weighted by Gasteiger charge is -2.11. The molecule has 0 amide bonds. The molecule has 15 heteroatoms. The first-order valence-electron chi connectivity index (χ1n) is 47.8. The van der Waals surface area contributed by atoms with Crippen LogP contribution in [0.3, 0.4) is 0 Å². The first-order valence-corrected chi connectivity index (χ1v) is 50.3. The average molecular weight is 1900 g/mol. The average Bonchev–Trinajstić information content (AvgIpc) is 1.58. The van der Waals surface area contributed by atoms with E-state index in [1.807, 2.05) is 143 Å². The van der Waals surface area contributed by atoms with Crippen molar-refractivity contribution in [3.8, 4) is 135 Å². The van der Waals surface area contributed by atoms with Gasteiger partial charge in [-0.3, -0.25) is 0 Å². The van der Waals surface area contributed by atoms with E-state index in [1.54, 1.807) is 0 Å². The van der Waals surface area contributed by atoms with Crippen LogP contribution in [0.25, 0.3) is 295 Å². The zero-order chi connectivity index (χ0) is 94.8. The minimum Gasteiger partial charge on any atom is -0.454 e. The number of furan rings is 3. The summed E-state index contributed by atoms with van der Waals surface area (Å²) in [7, 11) is 0. The second kappa shape index (κ2) is 34.8. The molecule has 18 aromatic carbocycles. The molecule has 12 aromatic heterocycles. The van der Waals surface area contributed by atoms with Crippen molar-refractivity contribution in [2.45, 2.75) is 0 Å². The van der Waals surface area contributed by atoms with Gasteiger partial charge in [-0.05, 0) is 97.1 Å². The van der Waals surface area contributed by atoms with Gasteiger partial charge >= 0.3 is 0 Å². The number of rotatable bonds is 12. The molecule has 0 N–H and O–H groups in total. The Kier molecular flexibility index (Phi) is 20.2. The predicted octanol–water partition coefficient (Wildman–Crippen LogP) is 35.9. The van der Waals surface area contributed by atoms with E-state index >= 15 is 0 Å². The number of nitrogens with zero attached hydrogens (tertiary/aromatic N) is 9. The topological polar surface area (TPSA) is 155 Å². The van der Waals surface area contributed by atoms with E-state index in [1.165, 1.54) is 60.5 Å². The van der Waals surface area contributed by atoms with Gasteiger partial charge in [0.2, 0.25) is 0 Å². The molecule has 0 aliphatic rings. The van der Waals surface area contributed by atoms with Crippen molar-refractivity contribution in [1.82, 2.24) is 44.9 Å². The smallest absolute Gasteiger partial charge is 0.162 e. The summed E-state index contributed by atoms with van der Waals surface area (Å²) < 4.78 is 27.0. The number of para-hydroxylation sites is 6. The van der Waals surface area contributed by atoms with Crippen molar-refractivity contribution in [1.29, 1.82) is 0 Å². The van der Waals surface area contributed by atoms with Gasteiger partial charge < -0.3 is 13.3 Å². The Morgan fingerprint density at radius 2 is 0.444 bits per heavy atom. The molecule has 12 nitrogen and oxygen atoms in total. The van der Waals surface area contributed by atoms with Gasteiger partial charge in [0.1, 0.15) is 33.8 Å². The first kappa shape index (κ1) is 83.6. The lowest BCUT2D eigenvalue weighted by atomic mass is 10.00. The van der Waals surface area contributed by atoms with E-state index in [0.717, 1.165) is 217 Å². The number of thiophene rings is 3. The van der Waals surface area contributed by atoms with Gasteiger partial charge in [-0.15, -0.1) is 34.0 Å². The van der Waals surface area contributed by atoms with Crippen molar-refractivity contribution in [2.75, 3.05) is 0 Å². The van der Waals surface area contributed by atoms with Crippen LogP contribution in [0, 0.1) is 0 Å². The molecular weight excluding hydrogens is 1820 g/mol. The quantitative estimate of drug-likeness (QED) is 0.114. The number of fused-ring (bicyclic) bond motifs is 24. The maximum absolute atomic E-state index is 6.52. The van der Waals surface area contributed by atoms with Crippen LogP contribution in [0.2, 0.25) is 0 Å². The number of aromatic nitrogens is 9. The highest BCUT2D eigenvalue weighted by Crippen LogP contribution is 2.49. The van der Waals surface area contributed by atoms with Gasteiger partial charge in [0.05, 0.1) is 50.7 Å². The molecule has 0 fully saturated rings. The highest BCUT2D eigenvalue weighted by molar-refractivity contribution is 7.27. The Morgan fingerprint density at radius 1 is 0.160 bits per heavy atom. The SMILES string of the molecule is c1ccc(-c2cc(-c3ccc(-c4nc5ccccc5c5c4oc4ccccc45)cc3)nc(-c3ccc4sc5ccccc5c4c3)n2)cc1.c1ccc(-c2cc(-c3cccc4c3sc3ccccc34)nc(-c3ccc(-c4nc5ccccc5c5c4oc4ccccc45)cc3)n2)cc1.c1ccc(-c2nc(-c3cccc(-c4nc5ccccc5c5c4oc4ccccc45)c3)cc(-c3cccc4c3sc3ccccc34)n2)cc1. The molecule has 12 heterocycles. The van der Waals surface area contributed by atoms with Crippen LogP contribution in [0.4, 0.5) is 0 Å². The number of hydrogen-bond donors (Lipinski definition) is 0. The lowest BCUT2D eigenvalue weighted by Crippen LogP contribution is -1.96. The fourth-order valence-corrected chi connectivity index (χ4v) is 24.0. The van der Waals surface area contributed by atoms with Crippen molar-refractivity contribution < 1.29 is 13.3 Å². The normalized spacial score (nSPS) is 11.8. The van der Waals surface area contributed by atoms with Crippen molar-refractivity contribution in [3.63, 3.8) is 0 Å². The molecule has 0 radical (unpaired) electrons. The highest BCUT2D eigenvalue weighted by Gasteiger charge is 2.26. The van der Waals surface area contributed by atoms with Crippen LogP contribution >= 0.6 is 34.0 Å². The Morgan fingerprint density at radius 3 is 0.896 bits per heavy atom. The third-order valence-corrected chi connectivity index (χ3v) is 30.9. The Bertz CT molecular complexity index is 10400. The standard InChI is InChI=1S/3C43H25N3OS/c1-2-12-26(13-3-1)43-45-35(25-36(46-43)32-20-11-19-30-29-16-6-9-23-38(29)48-42(30)32)27-14-10-15-28(24-27)40-41-39(31-17-4-7-21-34(31)44-40)33-18-5-8-22-37(33)47-41;1-2-11-26(12-3-1)35-25-36(32-17-10-16-30-29-13-6-9-20-38(29)48-42(30)32)46-43(45-35)28-23-21-27(22-24-28)40-41-39(31-14-4-7-18-34(31)44-40)33-15-5-8-19-37(33)47-41;1-2-10-26(11-3-1)35-25-36(46-43(45-35)29-22-23-39-33(24-29)30-12-6-9-17-38(30)48-39)27-18-20-28(21-19-27)41-42-40(31-13-4-7-15-34(31)44-41)32-14-5-8-16-37(32)47-42/h3*1-25H. The molecule has 0 atom stereocenters. The van der Waals surface area contributed by atoms with Crippen molar-refractivity contribution in [3.05, 3.63) is 455 Å². The van der Waals surface area contributed by atoms with Crippen LogP contribution in [0.1, 0.15) is 0 Å². The monoisotopic (exact) mass is 1890 g/mol. The fourth-order valence-electron chi connectivity index (χ4n) is 20.5. The highest BCUT2D eigenvalue weighted by atomic mass is 32.1. The Balaban J connectivity index is 0.000000105. The molecule has 0 aliphatic heterocycles. The van der Waals surface area contributed by atoms with Crippen LogP contribution < -0.4 is 0 Å². The number of pyridine rings is 3. The summed E-state index contributed by atoms with van der Waals surface area (Å²) in [4.78, 5) is 46.2. The molecule has 144 heavy (non-hydrogen) atoms. The first-order chi connectivity index (χ1) is 71.3. The van der Waals surface area contributed by atoms with E-state index in [2.05, 4.69) is 346 Å². The minimum atomic E-state index is 0.677. The Labute approximate surface area is 835 Å². The molecule has 30 rings (SSSR count). The molecule has 0 saturated carbocycles. The number of hydrogen-bond acceptors (Lipinski definition) is 15. The van der Waals surface area contributed by atoms with Gasteiger partial charge in [-0.1, -0.05) is 358 Å². The zero-order valence-electron chi connectivity index (χ0n) is 76.8. The summed E-state index contributed by atoms with van der Waals surface area (Å²) in [6, 6.07) is 157. The van der Waals surface area contributed by atoms with Gasteiger partial charge in [0.15, 0.2) is 34.2 Å². The summed E-state index contributed by atoms with van der Waals surface area (Å²) in [6.07, 6.45) is 0. The number of benzene rings is 18. The second-order valence-electron chi connectivity index (χ2n) is 35.9. The van der Waals surface area contributed by atoms with E-state index in [9.17, 15) is 0 Å². The van der Waals surface area contributed by atoms with E-state index in [4.69, 9.17) is 58.1 Å². The van der Waals surface area contributed by atoms with Crippen molar-refractivity contribution in [2.24, 2.45) is 0 Å². The molecule has 0 spiro atoms. The Hall–Kier alpha value is -18.5. The maximum atomic E-state index is 6.52. The largest absolute Gasteiger partial charge is 0.454 e. The predicted molar refractivity (Wildman–Crippen MR) is 598 cm³/mol. The summed E-state index contributed by atoms with van der Waals surface area (Å²) in [5.41, 5.74) is 27.6. The van der Waals surface area contributed by atoms with Crippen LogP contribution in [-0.4, -0.2) is 44.9 Å². The third kappa shape index (κ3) is 14.7. The lowest BCUT2D eigenvalue weighted by molar-refractivity contribution is 0.668. The fraction of sp³-hybridized carbons (Fsp3) is 0. The van der Waals surface area contributed by atoms with Crippen LogP contribution in [0.15, 0.2) is 468 Å². The maximum Gasteiger partial charge on any atom is 0.162 e. The van der Waals surface area contributed by atoms with Gasteiger partial charge in [0, 0.05) is 176 Å². The van der Waals surface area contributed by atoms with Crippen LogP contribution in [0.5, 0.6) is 0 Å². The minimum absolute atomic E-state index is 0.677. The van der Waals surface area contributed by atoms with Crippen molar-refractivity contribution >= 4 is 193 Å². The molecule has 0 aliphatic carbocycles. The zero-order valence-corrected chi connectivity index (χ0v) is 79.2. The summed E-state index contributed by atoms with van der Waals surface area (Å²) in [5, 5.41) is 17.3. The third-order valence-electron chi connectivity index (χ3n) is 27.3. The van der Waals surface area contributed by atoms with E-state index in [-0.39, 0.29) is 0 Å². The molecule has 0 saturated heterocycles. The summed E-state index contributed by atoms with van der Waals surface area (Å²) in [5.74, 6) is 2.07. The van der Waals surface area contributed by atoms with Gasteiger partial charge in [-0.25, -0.2) is 44.9 Å².